The van der Waals surface area contributed by atoms with Gasteiger partial charge in [-0.25, -0.2) is 4.79 Å². The first-order chi connectivity index (χ1) is 7.07. The molecular formula is C9H15NO4S. The highest BCUT2D eigenvalue weighted by atomic mass is 32.1. The molecule has 0 heterocycles. The van der Waals surface area contributed by atoms with Gasteiger partial charge in [-0.05, 0) is 18.6 Å². The normalized spacial score (nSPS) is 9.67. The maximum atomic E-state index is 11.1. The number of carbonyl (C=O) groups excluding carboxylic acids is 2. The summed E-state index contributed by atoms with van der Waals surface area (Å²) >= 11 is 3.98. The van der Waals surface area contributed by atoms with E-state index in [4.69, 9.17) is 5.11 Å². The Balaban J connectivity index is 3.47. The summed E-state index contributed by atoms with van der Waals surface area (Å²) in [5.41, 5.74) is 0. The highest BCUT2D eigenvalue weighted by molar-refractivity contribution is 7.80. The van der Waals surface area contributed by atoms with E-state index in [2.05, 4.69) is 17.9 Å². The Kier molecular flexibility index (Phi) is 7.71. The number of hydrogen-bond donors (Lipinski definition) is 3. The van der Waals surface area contributed by atoms with Crippen LogP contribution in [0.1, 0.15) is 25.7 Å². The molecule has 0 aliphatic carbocycles. The summed E-state index contributed by atoms with van der Waals surface area (Å²) in [6.07, 6.45) is 1.17. The van der Waals surface area contributed by atoms with Crippen LogP contribution in [-0.2, 0) is 14.4 Å². The molecular weight excluding hydrogens is 218 g/mol. The minimum Gasteiger partial charge on any atom is -0.476 e. The van der Waals surface area contributed by atoms with Gasteiger partial charge in [0.1, 0.15) is 0 Å². The van der Waals surface area contributed by atoms with Gasteiger partial charge in [-0.2, -0.15) is 12.6 Å². The molecule has 0 aromatic heterocycles. The molecule has 0 saturated heterocycles. The molecule has 1 amide bonds. The summed E-state index contributed by atoms with van der Waals surface area (Å²) in [7, 11) is 0. The molecule has 0 aliphatic heterocycles. The fourth-order valence-electron chi connectivity index (χ4n) is 0.912. The number of aliphatic carboxylic acids is 1. The zero-order chi connectivity index (χ0) is 11.7. The second-order valence-corrected chi connectivity index (χ2v) is 3.46. The molecule has 0 atom stereocenters. The Hall–Kier alpha value is -1.04. The van der Waals surface area contributed by atoms with Crippen molar-refractivity contribution >= 4 is 30.3 Å². The summed E-state index contributed by atoms with van der Waals surface area (Å²) < 4.78 is 0. The molecule has 0 unspecified atom stereocenters. The van der Waals surface area contributed by atoms with Gasteiger partial charge < -0.3 is 10.4 Å². The van der Waals surface area contributed by atoms with Crippen LogP contribution in [0.15, 0.2) is 0 Å². The fourth-order valence-corrected chi connectivity index (χ4v) is 1.07. The number of thiol groups is 1. The third kappa shape index (κ3) is 7.99. The molecule has 15 heavy (non-hydrogen) atoms. The van der Waals surface area contributed by atoms with E-state index >= 15 is 0 Å². The molecule has 5 nitrogen and oxygen atoms in total. The van der Waals surface area contributed by atoms with E-state index in [0.29, 0.717) is 12.3 Å². The van der Waals surface area contributed by atoms with Gasteiger partial charge in [-0.1, -0.05) is 0 Å². The molecule has 0 saturated carbocycles. The SMILES string of the molecule is O=C(CCCC(=O)C(=O)O)NCCCS. The Morgan fingerprint density at radius 2 is 1.80 bits per heavy atom. The quantitative estimate of drug-likeness (QED) is 0.319. The van der Waals surface area contributed by atoms with Crippen molar-refractivity contribution in [3.8, 4) is 0 Å². The molecule has 0 spiro atoms. The van der Waals surface area contributed by atoms with E-state index in [1.807, 2.05) is 0 Å². The predicted molar refractivity (Wildman–Crippen MR) is 58.0 cm³/mol. The van der Waals surface area contributed by atoms with Gasteiger partial charge in [-0.15, -0.1) is 0 Å². The van der Waals surface area contributed by atoms with E-state index in [0.717, 1.165) is 6.42 Å². The highest BCUT2D eigenvalue weighted by Gasteiger charge is 2.11. The number of nitrogens with one attached hydrogen (secondary N) is 1. The van der Waals surface area contributed by atoms with Crippen molar-refractivity contribution in [1.82, 2.24) is 5.32 Å². The van der Waals surface area contributed by atoms with Crippen LogP contribution < -0.4 is 5.32 Å². The lowest BCUT2D eigenvalue weighted by Crippen LogP contribution is -2.24. The van der Waals surface area contributed by atoms with Crippen LogP contribution in [0.25, 0.3) is 0 Å². The van der Waals surface area contributed by atoms with Gasteiger partial charge in [-0.3, -0.25) is 9.59 Å². The summed E-state index contributed by atoms with van der Waals surface area (Å²) in [5, 5.41) is 10.9. The maximum absolute atomic E-state index is 11.1. The molecule has 0 fully saturated rings. The molecule has 0 bridgehead atoms. The van der Waals surface area contributed by atoms with Crippen molar-refractivity contribution in [3.05, 3.63) is 0 Å². The summed E-state index contributed by atoms with van der Waals surface area (Å²) in [6.45, 7) is 0.565. The fraction of sp³-hybridized carbons (Fsp3) is 0.667. The Morgan fingerprint density at radius 1 is 1.13 bits per heavy atom. The number of carboxylic acids is 1. The zero-order valence-electron chi connectivity index (χ0n) is 8.36. The summed E-state index contributed by atoms with van der Waals surface area (Å²) in [6, 6.07) is 0. The number of Topliss-reactive ketones (excluding diaryl/α,β-unsaturated/α-hetero) is 1. The van der Waals surface area contributed by atoms with Gasteiger partial charge in [0, 0.05) is 19.4 Å². The predicted octanol–water partition coefficient (Wildman–Crippen LogP) is 0.246. The highest BCUT2D eigenvalue weighted by Crippen LogP contribution is 1.97. The minimum atomic E-state index is -1.44. The largest absolute Gasteiger partial charge is 0.476 e. The third-order valence-corrected chi connectivity index (χ3v) is 2.02. The Labute approximate surface area is 93.6 Å². The van der Waals surface area contributed by atoms with E-state index < -0.39 is 11.8 Å². The van der Waals surface area contributed by atoms with Crippen molar-refractivity contribution in [2.75, 3.05) is 12.3 Å². The molecule has 0 aromatic rings. The molecule has 6 heteroatoms. The summed E-state index contributed by atoms with van der Waals surface area (Å²) in [4.78, 5) is 31.8. The molecule has 86 valence electrons. The molecule has 0 radical (unpaired) electrons. The van der Waals surface area contributed by atoms with Crippen molar-refractivity contribution in [2.45, 2.75) is 25.7 Å². The lowest BCUT2D eigenvalue weighted by molar-refractivity contribution is -0.149. The number of hydrogen-bond acceptors (Lipinski definition) is 4. The molecule has 0 rings (SSSR count). The molecule has 0 aromatic carbocycles. The van der Waals surface area contributed by atoms with E-state index in [9.17, 15) is 14.4 Å². The van der Waals surface area contributed by atoms with Crippen LogP contribution in [0.4, 0.5) is 0 Å². The number of amides is 1. The lowest BCUT2D eigenvalue weighted by Gasteiger charge is -2.02. The minimum absolute atomic E-state index is 0.0880. The number of carboxylic acid groups (broad SMARTS) is 1. The second-order valence-electron chi connectivity index (χ2n) is 3.01. The van der Waals surface area contributed by atoms with E-state index in [1.165, 1.54) is 0 Å². The van der Waals surface area contributed by atoms with E-state index in [1.54, 1.807) is 0 Å². The van der Waals surface area contributed by atoms with Gasteiger partial charge >= 0.3 is 5.97 Å². The Bertz CT molecular complexity index is 242. The monoisotopic (exact) mass is 233 g/mol. The van der Waals surface area contributed by atoms with Crippen LogP contribution >= 0.6 is 12.6 Å². The van der Waals surface area contributed by atoms with Crippen molar-refractivity contribution < 1.29 is 19.5 Å². The van der Waals surface area contributed by atoms with Gasteiger partial charge in [0.05, 0.1) is 0 Å². The molecule has 2 N–H and O–H groups in total. The average molecular weight is 233 g/mol. The average Bonchev–Trinajstić information content (AvgIpc) is 2.18. The standard InChI is InChI=1S/C9H15NO4S/c11-7(9(13)14)3-1-4-8(12)10-5-2-6-15/h15H,1-6H2,(H,10,12)(H,13,14). The smallest absolute Gasteiger partial charge is 0.372 e. The number of rotatable bonds is 8. The van der Waals surface area contributed by atoms with Crippen molar-refractivity contribution in [3.63, 3.8) is 0 Å². The first-order valence-corrected chi connectivity index (χ1v) is 5.35. The number of ketones is 1. The van der Waals surface area contributed by atoms with Gasteiger partial charge in [0.2, 0.25) is 11.7 Å². The second kappa shape index (κ2) is 8.28. The summed E-state index contributed by atoms with van der Waals surface area (Å²) in [5.74, 6) is -1.74. The lowest BCUT2D eigenvalue weighted by atomic mass is 10.1. The molecule has 0 aliphatic rings. The Morgan fingerprint density at radius 3 is 2.33 bits per heavy atom. The maximum Gasteiger partial charge on any atom is 0.372 e. The van der Waals surface area contributed by atoms with Gasteiger partial charge in [0.25, 0.3) is 0 Å². The first kappa shape index (κ1) is 14.0. The van der Waals surface area contributed by atoms with Crippen molar-refractivity contribution in [1.29, 1.82) is 0 Å². The topological polar surface area (TPSA) is 83.5 Å². The van der Waals surface area contributed by atoms with Crippen LogP contribution in [0.2, 0.25) is 0 Å². The number of carbonyl (C=O) groups is 3. The third-order valence-electron chi connectivity index (χ3n) is 1.70. The zero-order valence-corrected chi connectivity index (χ0v) is 9.26. The van der Waals surface area contributed by atoms with Gasteiger partial charge in [0.15, 0.2) is 0 Å². The van der Waals surface area contributed by atoms with Crippen LogP contribution in [-0.4, -0.2) is 35.1 Å². The van der Waals surface area contributed by atoms with Crippen LogP contribution in [0, 0.1) is 0 Å². The van der Waals surface area contributed by atoms with E-state index in [-0.39, 0.29) is 25.2 Å². The van der Waals surface area contributed by atoms with Crippen LogP contribution in [0.5, 0.6) is 0 Å². The first-order valence-electron chi connectivity index (χ1n) is 4.71. The van der Waals surface area contributed by atoms with Crippen LogP contribution in [0.3, 0.4) is 0 Å². The van der Waals surface area contributed by atoms with Crippen molar-refractivity contribution in [2.24, 2.45) is 0 Å².